The maximum Gasteiger partial charge on any atom is 0.185 e. The van der Waals surface area contributed by atoms with Crippen LogP contribution in [-0.2, 0) is 6.54 Å². The second-order valence-electron chi connectivity index (χ2n) is 4.45. The van der Waals surface area contributed by atoms with E-state index in [9.17, 15) is 0 Å². The zero-order valence-corrected chi connectivity index (χ0v) is 12.7. The van der Waals surface area contributed by atoms with E-state index >= 15 is 0 Å². The summed E-state index contributed by atoms with van der Waals surface area (Å²) in [5.41, 5.74) is 8.05. The molecule has 18 heavy (non-hydrogen) atoms. The summed E-state index contributed by atoms with van der Waals surface area (Å²) in [5.74, 6) is 0. The molecular formula is C12H18N4S2. The van der Waals surface area contributed by atoms with Crippen molar-refractivity contribution in [3.8, 4) is 0 Å². The van der Waals surface area contributed by atoms with E-state index in [1.807, 2.05) is 27.8 Å². The van der Waals surface area contributed by atoms with Crippen molar-refractivity contribution in [2.24, 2.45) is 5.73 Å². The summed E-state index contributed by atoms with van der Waals surface area (Å²) < 4.78 is 0. The van der Waals surface area contributed by atoms with Gasteiger partial charge >= 0.3 is 0 Å². The number of hydrogen-bond donors (Lipinski definition) is 1. The van der Waals surface area contributed by atoms with Gasteiger partial charge in [-0.2, -0.15) is 0 Å². The molecule has 0 spiro atoms. The average Bonchev–Trinajstić information content (AvgIpc) is 2.85. The van der Waals surface area contributed by atoms with Gasteiger partial charge in [-0.15, -0.1) is 22.7 Å². The van der Waals surface area contributed by atoms with E-state index in [0.29, 0.717) is 0 Å². The number of hydrogen-bond acceptors (Lipinski definition) is 6. The SMILES string of the molecule is Cc1nc(CN(C)c2nc(C)c(C(C)N)s2)cs1. The summed E-state index contributed by atoms with van der Waals surface area (Å²) in [6.07, 6.45) is 0. The van der Waals surface area contributed by atoms with Crippen molar-refractivity contribution in [3.63, 3.8) is 0 Å². The molecule has 2 heterocycles. The molecule has 0 aliphatic rings. The molecule has 2 rings (SSSR count). The molecule has 2 aromatic rings. The third-order valence-electron chi connectivity index (χ3n) is 2.63. The smallest absolute Gasteiger partial charge is 0.185 e. The Kier molecular flexibility index (Phi) is 3.99. The van der Waals surface area contributed by atoms with Gasteiger partial charge in [-0.25, -0.2) is 9.97 Å². The summed E-state index contributed by atoms with van der Waals surface area (Å²) in [6, 6.07) is 0.0474. The summed E-state index contributed by atoms with van der Waals surface area (Å²) >= 11 is 3.35. The summed E-state index contributed by atoms with van der Waals surface area (Å²) in [7, 11) is 2.04. The lowest BCUT2D eigenvalue weighted by molar-refractivity contribution is 0.824. The predicted octanol–water partition coefficient (Wildman–Crippen LogP) is 2.87. The molecule has 1 atom stereocenters. The Hall–Kier alpha value is -0.980. The van der Waals surface area contributed by atoms with Gasteiger partial charge in [-0.1, -0.05) is 0 Å². The highest BCUT2D eigenvalue weighted by Gasteiger charge is 2.14. The predicted molar refractivity (Wildman–Crippen MR) is 78.4 cm³/mol. The molecular weight excluding hydrogens is 264 g/mol. The molecule has 0 amide bonds. The number of nitrogens with zero attached hydrogens (tertiary/aromatic N) is 3. The summed E-state index contributed by atoms with van der Waals surface area (Å²) in [6.45, 7) is 6.82. The van der Waals surface area contributed by atoms with Crippen LogP contribution in [-0.4, -0.2) is 17.0 Å². The number of aryl methyl sites for hydroxylation is 2. The van der Waals surface area contributed by atoms with Crippen LogP contribution in [0.15, 0.2) is 5.38 Å². The van der Waals surface area contributed by atoms with E-state index in [4.69, 9.17) is 5.73 Å². The van der Waals surface area contributed by atoms with Gasteiger partial charge in [0.25, 0.3) is 0 Å². The van der Waals surface area contributed by atoms with E-state index in [1.165, 1.54) is 0 Å². The van der Waals surface area contributed by atoms with Crippen molar-refractivity contribution < 1.29 is 0 Å². The lowest BCUT2D eigenvalue weighted by Crippen LogP contribution is -2.16. The Morgan fingerprint density at radius 1 is 1.39 bits per heavy atom. The Balaban J connectivity index is 2.13. The third-order valence-corrected chi connectivity index (χ3v) is 4.92. The second kappa shape index (κ2) is 5.34. The molecule has 0 saturated carbocycles. The van der Waals surface area contributed by atoms with Crippen LogP contribution >= 0.6 is 22.7 Å². The fraction of sp³-hybridized carbons (Fsp3) is 0.500. The van der Waals surface area contributed by atoms with Gasteiger partial charge in [0.2, 0.25) is 0 Å². The van der Waals surface area contributed by atoms with E-state index < -0.39 is 0 Å². The van der Waals surface area contributed by atoms with E-state index in [-0.39, 0.29) is 6.04 Å². The number of thiazole rings is 2. The van der Waals surface area contributed by atoms with Crippen molar-refractivity contribution in [3.05, 3.63) is 26.7 Å². The molecule has 2 N–H and O–H groups in total. The van der Waals surface area contributed by atoms with Gasteiger partial charge in [0.15, 0.2) is 5.13 Å². The van der Waals surface area contributed by atoms with Crippen LogP contribution in [0.2, 0.25) is 0 Å². The minimum atomic E-state index is 0.0474. The fourth-order valence-electron chi connectivity index (χ4n) is 1.77. The van der Waals surface area contributed by atoms with E-state index in [0.717, 1.165) is 32.9 Å². The lowest BCUT2D eigenvalue weighted by atomic mass is 10.2. The van der Waals surface area contributed by atoms with Crippen molar-refractivity contribution in [1.29, 1.82) is 0 Å². The van der Waals surface area contributed by atoms with Crippen molar-refractivity contribution in [2.45, 2.75) is 33.4 Å². The highest BCUT2D eigenvalue weighted by molar-refractivity contribution is 7.15. The lowest BCUT2D eigenvalue weighted by Gasteiger charge is -2.13. The van der Waals surface area contributed by atoms with Crippen molar-refractivity contribution >= 4 is 27.8 Å². The minimum Gasteiger partial charge on any atom is -0.345 e. The average molecular weight is 282 g/mol. The van der Waals surface area contributed by atoms with Crippen LogP contribution in [0.3, 0.4) is 0 Å². The van der Waals surface area contributed by atoms with E-state index in [1.54, 1.807) is 22.7 Å². The molecule has 4 nitrogen and oxygen atoms in total. The monoisotopic (exact) mass is 282 g/mol. The first-order chi connectivity index (χ1) is 8.47. The highest BCUT2D eigenvalue weighted by Crippen LogP contribution is 2.29. The normalized spacial score (nSPS) is 12.7. The zero-order chi connectivity index (χ0) is 13.3. The van der Waals surface area contributed by atoms with Crippen LogP contribution in [0.1, 0.15) is 34.2 Å². The standard InChI is InChI=1S/C12H18N4S2/c1-7(13)11-8(2)14-12(18-11)16(4)5-10-6-17-9(3)15-10/h6-7H,5,13H2,1-4H3. The highest BCUT2D eigenvalue weighted by atomic mass is 32.1. The molecule has 1 unspecified atom stereocenters. The van der Waals surface area contributed by atoms with Gasteiger partial charge in [0.1, 0.15) is 0 Å². The molecule has 2 aromatic heterocycles. The molecule has 98 valence electrons. The zero-order valence-electron chi connectivity index (χ0n) is 11.1. The third kappa shape index (κ3) is 2.88. The van der Waals surface area contributed by atoms with Crippen LogP contribution in [0.25, 0.3) is 0 Å². The van der Waals surface area contributed by atoms with Crippen molar-refractivity contribution in [2.75, 3.05) is 11.9 Å². The molecule has 0 radical (unpaired) electrons. The maximum atomic E-state index is 5.93. The van der Waals surface area contributed by atoms with Crippen LogP contribution in [0, 0.1) is 13.8 Å². The largest absolute Gasteiger partial charge is 0.345 e. The minimum absolute atomic E-state index is 0.0474. The first-order valence-corrected chi connectivity index (χ1v) is 7.52. The Bertz CT molecular complexity index is 530. The van der Waals surface area contributed by atoms with Gasteiger partial charge in [0, 0.05) is 23.3 Å². The van der Waals surface area contributed by atoms with Gasteiger partial charge in [-0.3, -0.25) is 0 Å². The molecule has 0 aliphatic heterocycles. The Morgan fingerprint density at radius 3 is 2.61 bits per heavy atom. The van der Waals surface area contributed by atoms with Crippen LogP contribution in [0.4, 0.5) is 5.13 Å². The Labute approximate surface area is 115 Å². The number of anilines is 1. The number of rotatable bonds is 4. The van der Waals surface area contributed by atoms with Crippen LogP contribution < -0.4 is 10.6 Å². The first-order valence-electron chi connectivity index (χ1n) is 5.82. The van der Waals surface area contributed by atoms with Crippen LogP contribution in [0.5, 0.6) is 0 Å². The maximum absolute atomic E-state index is 5.93. The molecule has 0 bridgehead atoms. The molecule has 6 heteroatoms. The quantitative estimate of drug-likeness (QED) is 0.937. The van der Waals surface area contributed by atoms with Gasteiger partial charge in [0.05, 0.1) is 22.9 Å². The molecule has 0 aromatic carbocycles. The molecule has 0 fully saturated rings. The first kappa shape index (κ1) is 13.5. The fourth-order valence-corrected chi connectivity index (χ4v) is 3.35. The topological polar surface area (TPSA) is 55.0 Å². The second-order valence-corrected chi connectivity index (χ2v) is 6.52. The van der Waals surface area contributed by atoms with Crippen molar-refractivity contribution in [1.82, 2.24) is 9.97 Å². The van der Waals surface area contributed by atoms with Gasteiger partial charge < -0.3 is 10.6 Å². The Morgan fingerprint density at radius 2 is 2.11 bits per heavy atom. The summed E-state index contributed by atoms with van der Waals surface area (Å²) in [5, 5.41) is 4.20. The van der Waals surface area contributed by atoms with Gasteiger partial charge in [-0.05, 0) is 20.8 Å². The molecule has 0 aliphatic carbocycles. The van der Waals surface area contributed by atoms with E-state index in [2.05, 4.69) is 20.2 Å². The summed E-state index contributed by atoms with van der Waals surface area (Å²) in [4.78, 5) is 12.3. The number of nitrogens with two attached hydrogens (primary N) is 1. The number of aromatic nitrogens is 2. The molecule has 0 saturated heterocycles.